The third kappa shape index (κ3) is 5.91. The molecule has 8 heteroatoms. The van der Waals surface area contributed by atoms with Crippen molar-refractivity contribution >= 4 is 17.4 Å². The Bertz CT molecular complexity index is 1600. The lowest BCUT2D eigenvalue weighted by atomic mass is 9.94. The summed E-state index contributed by atoms with van der Waals surface area (Å²) in [6, 6.07) is 22.0. The fourth-order valence-electron chi connectivity index (χ4n) is 4.88. The summed E-state index contributed by atoms with van der Waals surface area (Å²) in [5.41, 5.74) is 3.77. The van der Waals surface area contributed by atoms with E-state index < -0.39 is 17.7 Å². The Morgan fingerprint density at radius 2 is 1.68 bits per heavy atom. The van der Waals surface area contributed by atoms with Crippen molar-refractivity contribution in [2.45, 2.75) is 33.0 Å². The number of carbonyl (C=O) groups excluding carboxylic acids is 2. The number of rotatable bonds is 9. The number of benzene rings is 3. The lowest BCUT2D eigenvalue weighted by Gasteiger charge is -2.26. The Balaban J connectivity index is 1.50. The van der Waals surface area contributed by atoms with Gasteiger partial charge in [0.15, 0.2) is 11.5 Å². The van der Waals surface area contributed by atoms with Crippen LogP contribution in [-0.2, 0) is 22.7 Å². The molecule has 1 aliphatic rings. The Hall–Kier alpha value is -5.11. The molecule has 1 atom stereocenters. The van der Waals surface area contributed by atoms with Gasteiger partial charge in [-0.25, -0.2) is 0 Å². The van der Waals surface area contributed by atoms with Crippen LogP contribution in [0.1, 0.15) is 40.8 Å². The van der Waals surface area contributed by atoms with E-state index in [2.05, 4.69) is 4.98 Å². The molecule has 0 radical (unpaired) electrons. The number of amides is 1. The van der Waals surface area contributed by atoms with Crippen molar-refractivity contribution < 1.29 is 29.3 Å². The van der Waals surface area contributed by atoms with Gasteiger partial charge in [-0.15, -0.1) is 0 Å². The molecule has 41 heavy (non-hydrogen) atoms. The largest absolute Gasteiger partial charge is 0.507 e. The molecule has 208 valence electrons. The Morgan fingerprint density at radius 1 is 0.927 bits per heavy atom. The zero-order chi connectivity index (χ0) is 28.9. The number of aromatic nitrogens is 1. The first kappa shape index (κ1) is 27.5. The number of carbonyl (C=O) groups is 2. The molecule has 2 heterocycles. The second kappa shape index (κ2) is 12.0. The van der Waals surface area contributed by atoms with Crippen molar-refractivity contribution in [1.29, 1.82) is 0 Å². The highest BCUT2D eigenvalue weighted by Crippen LogP contribution is 2.42. The van der Waals surface area contributed by atoms with E-state index in [0.717, 1.165) is 16.7 Å². The van der Waals surface area contributed by atoms with Crippen LogP contribution in [-0.4, -0.2) is 38.4 Å². The molecule has 8 nitrogen and oxygen atoms in total. The van der Waals surface area contributed by atoms with Gasteiger partial charge in [0, 0.05) is 24.5 Å². The van der Waals surface area contributed by atoms with Gasteiger partial charge in [-0.3, -0.25) is 14.6 Å². The van der Waals surface area contributed by atoms with Gasteiger partial charge in [0.1, 0.15) is 18.1 Å². The average Bonchev–Trinajstić information content (AvgIpc) is 3.23. The molecule has 1 aliphatic heterocycles. The number of hydrogen-bond donors (Lipinski definition) is 2. The molecule has 0 aliphatic carbocycles. The molecular weight excluding hydrogens is 520 g/mol. The van der Waals surface area contributed by atoms with Crippen molar-refractivity contribution in [2.24, 2.45) is 0 Å². The second-order valence-corrected chi connectivity index (χ2v) is 9.74. The van der Waals surface area contributed by atoms with Gasteiger partial charge < -0.3 is 24.6 Å². The minimum atomic E-state index is -0.916. The van der Waals surface area contributed by atoms with Crippen molar-refractivity contribution in [3.63, 3.8) is 0 Å². The molecule has 1 amide bonds. The van der Waals surface area contributed by atoms with Gasteiger partial charge in [0.2, 0.25) is 0 Å². The summed E-state index contributed by atoms with van der Waals surface area (Å²) in [5.74, 6) is -1.10. The highest BCUT2D eigenvalue weighted by atomic mass is 16.5. The van der Waals surface area contributed by atoms with Crippen LogP contribution in [0.15, 0.2) is 96.8 Å². The van der Waals surface area contributed by atoms with Crippen LogP contribution >= 0.6 is 0 Å². The van der Waals surface area contributed by atoms with Gasteiger partial charge in [-0.2, -0.15) is 0 Å². The van der Waals surface area contributed by atoms with E-state index in [1.807, 2.05) is 31.2 Å². The zero-order valence-corrected chi connectivity index (χ0v) is 22.8. The number of aliphatic hydroxyl groups is 1. The molecular formula is C33H30N2O6. The molecule has 1 aromatic heterocycles. The highest BCUT2D eigenvalue weighted by molar-refractivity contribution is 6.46. The summed E-state index contributed by atoms with van der Waals surface area (Å²) in [5, 5.41) is 21.7. The van der Waals surface area contributed by atoms with Crippen molar-refractivity contribution in [1.82, 2.24) is 9.88 Å². The number of nitrogens with zero attached hydrogens (tertiary/aromatic N) is 2. The minimum Gasteiger partial charge on any atom is -0.507 e. The Kier molecular flexibility index (Phi) is 8.01. The van der Waals surface area contributed by atoms with E-state index in [4.69, 9.17) is 9.47 Å². The molecule has 2 N–H and O–H groups in total. The molecule has 5 rings (SSSR count). The van der Waals surface area contributed by atoms with Gasteiger partial charge in [0.25, 0.3) is 11.7 Å². The molecule has 1 saturated heterocycles. The number of ether oxygens (including phenoxy) is 2. The van der Waals surface area contributed by atoms with Crippen LogP contribution < -0.4 is 9.47 Å². The van der Waals surface area contributed by atoms with Gasteiger partial charge in [-0.1, -0.05) is 35.9 Å². The summed E-state index contributed by atoms with van der Waals surface area (Å²) in [7, 11) is 0. The first-order valence-corrected chi connectivity index (χ1v) is 13.3. The highest BCUT2D eigenvalue weighted by Gasteiger charge is 2.46. The predicted molar refractivity (Wildman–Crippen MR) is 153 cm³/mol. The first-order chi connectivity index (χ1) is 19.9. The fraction of sp³-hybridized carbons (Fsp3) is 0.182. The molecule has 0 unspecified atom stereocenters. The molecule has 3 aromatic carbocycles. The lowest BCUT2D eigenvalue weighted by Crippen LogP contribution is -2.29. The van der Waals surface area contributed by atoms with E-state index in [9.17, 15) is 19.8 Å². The number of pyridine rings is 1. The van der Waals surface area contributed by atoms with Crippen LogP contribution in [0.2, 0.25) is 0 Å². The maximum absolute atomic E-state index is 13.4. The molecule has 0 saturated carbocycles. The van der Waals surface area contributed by atoms with Crippen LogP contribution in [0, 0.1) is 6.92 Å². The minimum absolute atomic E-state index is 0.0503. The quantitative estimate of drug-likeness (QED) is 0.156. The number of Topliss-reactive ketones (excluding diaryl/α,β-unsaturated/α-hetero) is 1. The van der Waals surface area contributed by atoms with Crippen molar-refractivity contribution in [2.75, 3.05) is 6.61 Å². The molecule has 1 fully saturated rings. The van der Waals surface area contributed by atoms with Gasteiger partial charge in [-0.05, 0) is 79.1 Å². The standard InChI is InChI=1S/C33H30N2O6/c1-3-40-28-18-25(9-12-27(28)36)30-29(32(38)33(39)35(30)19-22-13-15-34-16-14-22)31(37)24-7-10-26(11-8-24)41-20-23-6-4-5-21(2)17-23/h4-18,30,36-37H,3,19-20H2,1-2H3/t30-/m1/s1. The van der Waals surface area contributed by atoms with Gasteiger partial charge >= 0.3 is 0 Å². The van der Waals surface area contributed by atoms with Gasteiger partial charge in [0.05, 0.1) is 18.2 Å². The van der Waals surface area contributed by atoms with Crippen LogP contribution in [0.4, 0.5) is 0 Å². The average molecular weight is 551 g/mol. The van der Waals surface area contributed by atoms with Crippen LogP contribution in [0.25, 0.3) is 5.76 Å². The van der Waals surface area contributed by atoms with E-state index in [0.29, 0.717) is 30.1 Å². The Labute approximate surface area is 238 Å². The normalized spacial score (nSPS) is 16.1. The summed E-state index contributed by atoms with van der Waals surface area (Å²) in [4.78, 5) is 32.2. The predicted octanol–water partition coefficient (Wildman–Crippen LogP) is 5.70. The van der Waals surface area contributed by atoms with E-state index in [1.165, 1.54) is 11.0 Å². The smallest absolute Gasteiger partial charge is 0.295 e. The fourth-order valence-corrected chi connectivity index (χ4v) is 4.88. The molecule has 0 bridgehead atoms. The monoisotopic (exact) mass is 550 g/mol. The first-order valence-electron chi connectivity index (χ1n) is 13.3. The SMILES string of the molecule is CCOc1cc([C@@H]2C(=C(O)c3ccc(OCc4cccc(C)c4)cc3)C(=O)C(=O)N2Cc2ccncc2)ccc1O. The molecule has 4 aromatic rings. The summed E-state index contributed by atoms with van der Waals surface area (Å²) in [6.45, 7) is 4.62. The third-order valence-electron chi connectivity index (χ3n) is 6.86. The number of aromatic hydroxyl groups is 1. The third-order valence-corrected chi connectivity index (χ3v) is 6.86. The summed E-state index contributed by atoms with van der Waals surface area (Å²) in [6.07, 6.45) is 3.22. The number of phenolic OH excluding ortho intramolecular Hbond substituents is 1. The number of aryl methyl sites for hydroxylation is 1. The number of aliphatic hydroxyl groups excluding tert-OH is 1. The van der Waals surface area contributed by atoms with Crippen LogP contribution in [0.3, 0.4) is 0 Å². The Morgan fingerprint density at radius 3 is 2.39 bits per heavy atom. The number of phenols is 1. The summed E-state index contributed by atoms with van der Waals surface area (Å²) < 4.78 is 11.5. The number of likely N-dealkylation sites (tertiary alicyclic amines) is 1. The van der Waals surface area contributed by atoms with E-state index in [-0.39, 0.29) is 29.4 Å². The van der Waals surface area contributed by atoms with Crippen LogP contribution in [0.5, 0.6) is 17.2 Å². The van der Waals surface area contributed by atoms with Crippen molar-refractivity contribution in [3.8, 4) is 17.2 Å². The lowest BCUT2D eigenvalue weighted by molar-refractivity contribution is -0.140. The zero-order valence-electron chi connectivity index (χ0n) is 22.8. The summed E-state index contributed by atoms with van der Waals surface area (Å²) >= 11 is 0. The number of hydrogen-bond acceptors (Lipinski definition) is 7. The number of ketones is 1. The maximum Gasteiger partial charge on any atom is 0.295 e. The van der Waals surface area contributed by atoms with E-state index in [1.54, 1.807) is 67.8 Å². The second-order valence-electron chi connectivity index (χ2n) is 9.74. The topological polar surface area (TPSA) is 109 Å². The maximum atomic E-state index is 13.4. The van der Waals surface area contributed by atoms with Crippen molar-refractivity contribution in [3.05, 3.63) is 125 Å². The molecule has 0 spiro atoms. The van der Waals surface area contributed by atoms with E-state index >= 15 is 0 Å².